The normalized spacial score (nSPS) is 17.5. The van der Waals surface area contributed by atoms with E-state index >= 15 is 0 Å². The summed E-state index contributed by atoms with van der Waals surface area (Å²) in [5.41, 5.74) is 6.07. The second-order valence-electron chi connectivity index (χ2n) is 8.76. The van der Waals surface area contributed by atoms with Gasteiger partial charge in [0.05, 0.1) is 30.4 Å². The third kappa shape index (κ3) is 4.94. The van der Waals surface area contributed by atoms with E-state index in [1.807, 2.05) is 44.2 Å². The first-order valence-electron chi connectivity index (χ1n) is 11.6. The zero-order valence-corrected chi connectivity index (χ0v) is 24.0. The largest absolute Gasteiger partial charge is 0.378 e. The van der Waals surface area contributed by atoms with Gasteiger partial charge in [0.2, 0.25) is 0 Å². The maximum absolute atomic E-state index is 13.1. The number of hydrogen-bond acceptors (Lipinski definition) is 5. The van der Waals surface area contributed by atoms with Crippen LogP contribution in [0.1, 0.15) is 22.5 Å². The van der Waals surface area contributed by atoms with Crippen LogP contribution in [0.5, 0.6) is 0 Å². The number of benzene rings is 2. The van der Waals surface area contributed by atoms with Gasteiger partial charge in [-0.1, -0.05) is 34.1 Å². The monoisotopic (exact) mass is 629 g/mol. The van der Waals surface area contributed by atoms with Crippen molar-refractivity contribution in [3.05, 3.63) is 84.9 Å². The van der Waals surface area contributed by atoms with Gasteiger partial charge in [-0.2, -0.15) is 0 Å². The number of aryl methyl sites for hydroxylation is 1. The first-order valence-corrected chi connectivity index (χ1v) is 14.0. The molecule has 36 heavy (non-hydrogen) atoms. The standard InChI is InChI=1S/C27H25Br2N3O3S/c1-17-13-20(14-25-26(33)31(27(34)36-25)16-19-5-3-4-6-22(19)28)18(2)32(17)21-7-8-24(23(29)15-21)30-9-11-35-12-10-30/h3-8,13-15H,9-12,16H2,1-2H3/b25-14-. The average molecular weight is 631 g/mol. The lowest BCUT2D eigenvalue weighted by molar-refractivity contribution is -0.123. The molecule has 3 heterocycles. The van der Waals surface area contributed by atoms with Crippen LogP contribution in [0.2, 0.25) is 0 Å². The summed E-state index contributed by atoms with van der Waals surface area (Å²) in [5, 5.41) is -0.251. The van der Waals surface area contributed by atoms with Crippen molar-refractivity contribution in [2.24, 2.45) is 0 Å². The summed E-state index contributed by atoms with van der Waals surface area (Å²) in [4.78, 5) is 29.9. The van der Waals surface area contributed by atoms with Gasteiger partial charge >= 0.3 is 0 Å². The van der Waals surface area contributed by atoms with Crippen LogP contribution in [0, 0.1) is 13.8 Å². The van der Waals surface area contributed by atoms with Crippen LogP contribution in [0.3, 0.4) is 0 Å². The van der Waals surface area contributed by atoms with E-state index in [4.69, 9.17) is 4.74 Å². The summed E-state index contributed by atoms with van der Waals surface area (Å²) in [5.74, 6) is -0.261. The molecule has 9 heteroatoms. The number of hydrogen-bond donors (Lipinski definition) is 0. The number of aromatic nitrogens is 1. The van der Waals surface area contributed by atoms with E-state index in [0.29, 0.717) is 4.91 Å². The lowest BCUT2D eigenvalue weighted by Crippen LogP contribution is -2.36. The van der Waals surface area contributed by atoms with Crippen molar-refractivity contribution in [3.63, 3.8) is 0 Å². The Labute approximate surface area is 231 Å². The summed E-state index contributed by atoms with van der Waals surface area (Å²) >= 11 is 8.25. The van der Waals surface area contributed by atoms with Crippen LogP contribution < -0.4 is 4.90 Å². The molecule has 2 aliphatic rings. The number of rotatable bonds is 5. The Bertz CT molecular complexity index is 1380. The first-order chi connectivity index (χ1) is 17.3. The molecule has 2 fully saturated rings. The fourth-order valence-electron chi connectivity index (χ4n) is 4.60. The van der Waals surface area contributed by atoms with Gasteiger partial charge in [0.25, 0.3) is 11.1 Å². The molecule has 0 spiro atoms. The summed E-state index contributed by atoms with van der Waals surface area (Å²) < 4.78 is 9.56. The molecule has 2 saturated heterocycles. The molecule has 3 aromatic rings. The summed E-state index contributed by atoms with van der Waals surface area (Å²) in [6, 6.07) is 16.1. The van der Waals surface area contributed by atoms with Crippen molar-refractivity contribution in [1.82, 2.24) is 9.47 Å². The van der Waals surface area contributed by atoms with Crippen LogP contribution >= 0.6 is 43.6 Å². The lowest BCUT2D eigenvalue weighted by atomic mass is 10.2. The number of morpholine rings is 1. The predicted molar refractivity (Wildman–Crippen MR) is 152 cm³/mol. The van der Waals surface area contributed by atoms with Crippen LogP contribution in [-0.2, 0) is 16.1 Å². The topological polar surface area (TPSA) is 54.8 Å². The molecule has 0 N–H and O–H groups in total. The maximum Gasteiger partial charge on any atom is 0.293 e. The van der Waals surface area contributed by atoms with Gasteiger partial charge in [0, 0.05) is 39.1 Å². The molecule has 2 amide bonds. The Hall–Kier alpha value is -2.33. The number of halogens is 2. The third-order valence-electron chi connectivity index (χ3n) is 6.46. The molecule has 1 aromatic heterocycles. The van der Waals surface area contributed by atoms with Crippen molar-refractivity contribution >= 4 is 66.5 Å². The van der Waals surface area contributed by atoms with E-state index in [1.165, 1.54) is 4.90 Å². The second-order valence-corrected chi connectivity index (χ2v) is 11.5. The predicted octanol–water partition coefficient (Wildman–Crippen LogP) is 6.69. The Kier molecular flexibility index (Phi) is 7.44. The summed E-state index contributed by atoms with van der Waals surface area (Å²) in [6.45, 7) is 7.55. The average Bonchev–Trinajstić information content (AvgIpc) is 3.29. The van der Waals surface area contributed by atoms with Crippen molar-refractivity contribution in [2.75, 3.05) is 31.2 Å². The minimum Gasteiger partial charge on any atom is -0.378 e. The molecule has 0 aliphatic carbocycles. The number of amides is 2. The molecular weight excluding hydrogens is 606 g/mol. The highest BCUT2D eigenvalue weighted by atomic mass is 79.9. The highest BCUT2D eigenvalue weighted by Crippen LogP contribution is 2.36. The molecule has 0 radical (unpaired) electrons. The summed E-state index contributed by atoms with van der Waals surface area (Å²) in [7, 11) is 0. The van der Waals surface area contributed by atoms with Crippen LogP contribution in [0.25, 0.3) is 11.8 Å². The Balaban J connectivity index is 1.40. The van der Waals surface area contributed by atoms with E-state index in [9.17, 15) is 9.59 Å². The number of anilines is 1. The van der Waals surface area contributed by atoms with Crippen molar-refractivity contribution in [3.8, 4) is 5.69 Å². The quantitative estimate of drug-likeness (QED) is 0.294. The molecule has 2 aliphatic heterocycles. The minimum atomic E-state index is -0.261. The SMILES string of the molecule is Cc1cc(/C=C2\SC(=O)N(Cc3ccccc3Br)C2=O)c(C)n1-c1ccc(N2CCOCC2)c(Br)c1. The Morgan fingerprint density at radius 1 is 1.00 bits per heavy atom. The van der Waals surface area contributed by atoms with E-state index in [1.54, 1.807) is 0 Å². The van der Waals surface area contributed by atoms with Crippen LogP contribution in [-0.4, -0.2) is 46.9 Å². The van der Waals surface area contributed by atoms with Gasteiger partial charge in [-0.05, 0) is 89.1 Å². The van der Waals surface area contributed by atoms with Crippen molar-refractivity contribution < 1.29 is 14.3 Å². The molecule has 0 unspecified atom stereocenters. The number of carbonyl (C=O) groups excluding carboxylic acids is 2. The summed E-state index contributed by atoms with van der Waals surface area (Å²) in [6.07, 6.45) is 1.83. The third-order valence-corrected chi connectivity index (χ3v) is 8.77. The van der Waals surface area contributed by atoms with E-state index in [2.05, 4.69) is 65.6 Å². The Morgan fingerprint density at radius 3 is 2.47 bits per heavy atom. The fraction of sp³-hybridized carbons (Fsp3) is 0.259. The number of nitrogens with zero attached hydrogens (tertiary/aromatic N) is 3. The molecule has 0 saturated carbocycles. The molecule has 5 rings (SSSR count). The first kappa shape index (κ1) is 25.3. The van der Waals surface area contributed by atoms with Gasteiger partial charge in [0.15, 0.2) is 0 Å². The molecule has 0 atom stereocenters. The highest BCUT2D eigenvalue weighted by molar-refractivity contribution is 9.11. The van der Waals surface area contributed by atoms with Gasteiger partial charge in [-0.3, -0.25) is 14.5 Å². The molecule has 186 valence electrons. The molecule has 0 bridgehead atoms. The second kappa shape index (κ2) is 10.6. The maximum atomic E-state index is 13.1. The Morgan fingerprint density at radius 2 is 1.75 bits per heavy atom. The number of carbonyl (C=O) groups is 2. The lowest BCUT2D eigenvalue weighted by Gasteiger charge is -2.30. The van der Waals surface area contributed by atoms with Gasteiger partial charge in [0.1, 0.15) is 0 Å². The molecular formula is C27H25Br2N3O3S. The number of imide groups is 1. The van der Waals surface area contributed by atoms with Crippen molar-refractivity contribution in [2.45, 2.75) is 20.4 Å². The number of thioether (sulfide) groups is 1. The van der Waals surface area contributed by atoms with E-state index in [-0.39, 0.29) is 17.7 Å². The smallest absolute Gasteiger partial charge is 0.293 e. The van der Waals surface area contributed by atoms with E-state index in [0.717, 1.165) is 80.9 Å². The molecule has 6 nitrogen and oxygen atoms in total. The van der Waals surface area contributed by atoms with Gasteiger partial charge in [-0.15, -0.1) is 0 Å². The molecule has 2 aromatic carbocycles. The number of ether oxygens (including phenoxy) is 1. The van der Waals surface area contributed by atoms with Crippen molar-refractivity contribution in [1.29, 1.82) is 0 Å². The van der Waals surface area contributed by atoms with E-state index < -0.39 is 0 Å². The zero-order valence-electron chi connectivity index (χ0n) is 20.0. The minimum absolute atomic E-state index is 0.242. The van der Waals surface area contributed by atoms with Crippen LogP contribution in [0.4, 0.5) is 10.5 Å². The van der Waals surface area contributed by atoms with Gasteiger partial charge in [-0.25, -0.2) is 0 Å². The van der Waals surface area contributed by atoms with Crippen LogP contribution in [0.15, 0.2) is 62.4 Å². The zero-order chi connectivity index (χ0) is 25.4. The highest BCUT2D eigenvalue weighted by Gasteiger charge is 2.35. The fourth-order valence-corrected chi connectivity index (χ4v) is 6.46. The van der Waals surface area contributed by atoms with Gasteiger partial charge < -0.3 is 14.2 Å².